The first-order valence-electron chi connectivity index (χ1n) is 11.1. The average Bonchev–Trinajstić information content (AvgIpc) is 2.71. The number of unbranched alkanes of at least 4 members (excludes halogenated alkanes) is 10. The minimum atomic E-state index is -1.67. The van der Waals surface area contributed by atoms with Gasteiger partial charge in [-0.2, -0.15) is 0 Å². The summed E-state index contributed by atoms with van der Waals surface area (Å²) in [4.78, 5) is 12.3. The molecule has 172 valence electrons. The first kappa shape index (κ1) is 27.2. The Hall–Kier alpha value is -0.840. The Labute approximate surface area is 197 Å². The molecule has 1 atom stereocenters. The molecule has 0 radical (unpaired) electrons. The van der Waals surface area contributed by atoms with Gasteiger partial charge < -0.3 is 15.4 Å². The van der Waals surface area contributed by atoms with Crippen LogP contribution in [-0.2, 0) is 4.79 Å². The van der Waals surface area contributed by atoms with Crippen molar-refractivity contribution in [2.75, 3.05) is 12.4 Å². The van der Waals surface area contributed by atoms with Crippen LogP contribution in [0.5, 0.6) is 5.75 Å². The van der Waals surface area contributed by atoms with Crippen molar-refractivity contribution in [3.63, 3.8) is 0 Å². The van der Waals surface area contributed by atoms with Gasteiger partial charge in [0, 0.05) is 12.1 Å². The Morgan fingerprint density at radius 3 is 1.87 bits per heavy atom. The number of amides is 1. The lowest BCUT2D eigenvalue weighted by Gasteiger charge is -2.27. The largest absolute Gasteiger partial charge is 0.497 e. The second kappa shape index (κ2) is 15.9. The summed E-state index contributed by atoms with van der Waals surface area (Å²) in [6.45, 7) is 2.25. The van der Waals surface area contributed by atoms with Gasteiger partial charge in [-0.25, -0.2) is 0 Å². The van der Waals surface area contributed by atoms with Crippen LogP contribution in [0.25, 0.3) is 0 Å². The van der Waals surface area contributed by atoms with Crippen LogP contribution in [0, 0.1) is 0 Å². The van der Waals surface area contributed by atoms with Crippen LogP contribution in [0.1, 0.15) is 84.0 Å². The molecule has 0 saturated carbocycles. The second-order valence-electron chi connectivity index (χ2n) is 7.70. The van der Waals surface area contributed by atoms with Crippen molar-refractivity contribution in [1.29, 1.82) is 0 Å². The molecule has 1 aromatic rings. The van der Waals surface area contributed by atoms with Crippen molar-refractivity contribution >= 4 is 46.4 Å². The van der Waals surface area contributed by atoms with Crippen LogP contribution in [0.2, 0.25) is 0 Å². The maximum atomic E-state index is 12.3. The standard InChI is InChI=1S/C23H37Cl3N2O2/c1-3-4-5-6-7-8-9-10-11-12-13-14-21(29)28-22(23(24,25)26)27-19-15-17-20(30-2)18-16-19/h15-18,22,27H,3-14H2,1-2H3,(H,28,29)/t22-/m0/s1. The van der Waals surface area contributed by atoms with Gasteiger partial charge in [0.25, 0.3) is 0 Å². The highest BCUT2D eigenvalue weighted by atomic mass is 35.6. The van der Waals surface area contributed by atoms with E-state index < -0.39 is 9.96 Å². The van der Waals surface area contributed by atoms with Crippen LogP contribution in [0.15, 0.2) is 24.3 Å². The lowest BCUT2D eigenvalue weighted by molar-refractivity contribution is -0.121. The van der Waals surface area contributed by atoms with Gasteiger partial charge in [0.15, 0.2) is 0 Å². The van der Waals surface area contributed by atoms with E-state index in [1.165, 1.54) is 57.8 Å². The lowest BCUT2D eigenvalue weighted by Crippen LogP contribution is -2.49. The van der Waals surface area contributed by atoms with E-state index in [0.29, 0.717) is 6.42 Å². The summed E-state index contributed by atoms with van der Waals surface area (Å²) in [5, 5.41) is 5.85. The predicted molar refractivity (Wildman–Crippen MR) is 130 cm³/mol. The van der Waals surface area contributed by atoms with E-state index in [0.717, 1.165) is 24.3 Å². The van der Waals surface area contributed by atoms with Gasteiger partial charge in [0.05, 0.1) is 7.11 Å². The second-order valence-corrected chi connectivity index (χ2v) is 10.1. The third-order valence-corrected chi connectivity index (χ3v) is 5.70. The molecule has 1 amide bonds. The Morgan fingerprint density at radius 2 is 1.40 bits per heavy atom. The Morgan fingerprint density at radius 1 is 0.900 bits per heavy atom. The quantitative estimate of drug-likeness (QED) is 0.146. The number of rotatable bonds is 16. The zero-order valence-electron chi connectivity index (χ0n) is 18.3. The van der Waals surface area contributed by atoms with Crippen LogP contribution >= 0.6 is 34.8 Å². The minimum Gasteiger partial charge on any atom is -0.497 e. The molecular formula is C23H37Cl3N2O2. The molecule has 0 unspecified atom stereocenters. The number of ether oxygens (including phenoxy) is 1. The van der Waals surface area contributed by atoms with Gasteiger partial charge in [0.1, 0.15) is 11.9 Å². The van der Waals surface area contributed by atoms with Gasteiger partial charge in [-0.05, 0) is 30.7 Å². The number of halogens is 3. The van der Waals surface area contributed by atoms with E-state index in [4.69, 9.17) is 39.5 Å². The number of methoxy groups -OCH3 is 1. The molecule has 0 heterocycles. The number of hydrogen-bond acceptors (Lipinski definition) is 3. The highest BCUT2D eigenvalue weighted by molar-refractivity contribution is 6.68. The van der Waals surface area contributed by atoms with Crippen molar-refractivity contribution in [3.8, 4) is 5.75 Å². The summed E-state index contributed by atoms with van der Waals surface area (Å²) in [6.07, 6.45) is 13.3. The first-order chi connectivity index (χ1) is 14.4. The van der Waals surface area contributed by atoms with Gasteiger partial charge in [-0.3, -0.25) is 4.79 Å². The number of benzene rings is 1. The van der Waals surface area contributed by atoms with Gasteiger partial charge in [-0.1, -0.05) is 106 Å². The number of anilines is 1. The average molecular weight is 480 g/mol. The SMILES string of the molecule is CCCCCCCCCCCCCC(=O)N[C@H](Nc1ccc(OC)cc1)C(Cl)(Cl)Cl. The van der Waals surface area contributed by atoms with E-state index in [1.54, 1.807) is 31.4 Å². The molecule has 4 nitrogen and oxygen atoms in total. The molecule has 30 heavy (non-hydrogen) atoms. The third kappa shape index (κ3) is 12.8. The topological polar surface area (TPSA) is 50.4 Å². The fraction of sp³-hybridized carbons (Fsp3) is 0.696. The minimum absolute atomic E-state index is 0.122. The molecule has 0 aliphatic heterocycles. The molecule has 1 rings (SSSR count). The van der Waals surface area contributed by atoms with E-state index in [9.17, 15) is 4.79 Å². The molecule has 1 aromatic carbocycles. The molecule has 0 bridgehead atoms. The zero-order valence-corrected chi connectivity index (χ0v) is 20.6. The fourth-order valence-electron chi connectivity index (χ4n) is 3.24. The Kier molecular flexibility index (Phi) is 14.4. The molecule has 0 saturated heterocycles. The third-order valence-electron chi connectivity index (χ3n) is 5.04. The molecule has 0 aliphatic carbocycles. The summed E-state index contributed by atoms with van der Waals surface area (Å²) in [5.74, 6) is 0.606. The number of carbonyl (C=O) groups is 1. The summed E-state index contributed by atoms with van der Waals surface area (Å²) in [6, 6.07) is 7.20. The van der Waals surface area contributed by atoms with E-state index in [-0.39, 0.29) is 5.91 Å². The molecular weight excluding hydrogens is 443 g/mol. The summed E-state index contributed by atoms with van der Waals surface area (Å²) >= 11 is 18.2. The van der Waals surface area contributed by atoms with Crippen LogP contribution in [0.3, 0.4) is 0 Å². The van der Waals surface area contributed by atoms with E-state index in [2.05, 4.69) is 17.6 Å². The van der Waals surface area contributed by atoms with Gasteiger partial charge in [-0.15, -0.1) is 0 Å². The highest BCUT2D eigenvalue weighted by Gasteiger charge is 2.33. The number of carbonyl (C=O) groups excluding carboxylic acids is 1. The van der Waals surface area contributed by atoms with Crippen molar-refractivity contribution in [2.24, 2.45) is 0 Å². The molecule has 7 heteroatoms. The van der Waals surface area contributed by atoms with Gasteiger partial charge in [0.2, 0.25) is 9.70 Å². The van der Waals surface area contributed by atoms with Gasteiger partial charge >= 0.3 is 0 Å². The number of nitrogens with one attached hydrogen (secondary N) is 2. The summed E-state index contributed by atoms with van der Waals surface area (Å²) in [5.41, 5.74) is 0.724. The lowest BCUT2D eigenvalue weighted by atomic mass is 10.1. The summed E-state index contributed by atoms with van der Waals surface area (Å²) < 4.78 is 3.46. The normalized spacial score (nSPS) is 12.4. The Bertz CT molecular complexity index is 577. The summed E-state index contributed by atoms with van der Waals surface area (Å²) in [7, 11) is 1.60. The van der Waals surface area contributed by atoms with Crippen molar-refractivity contribution < 1.29 is 9.53 Å². The van der Waals surface area contributed by atoms with E-state index in [1.807, 2.05) is 0 Å². The smallest absolute Gasteiger partial charge is 0.228 e. The van der Waals surface area contributed by atoms with Crippen LogP contribution in [0.4, 0.5) is 5.69 Å². The monoisotopic (exact) mass is 478 g/mol. The first-order valence-corrected chi connectivity index (χ1v) is 12.3. The molecule has 0 fully saturated rings. The number of hydrogen-bond donors (Lipinski definition) is 2. The highest BCUT2D eigenvalue weighted by Crippen LogP contribution is 2.31. The molecule has 0 aliphatic rings. The number of alkyl halides is 3. The molecule has 2 N–H and O–H groups in total. The maximum absolute atomic E-state index is 12.3. The Balaban J connectivity index is 2.23. The zero-order chi connectivity index (χ0) is 22.2. The van der Waals surface area contributed by atoms with Crippen LogP contribution < -0.4 is 15.4 Å². The maximum Gasteiger partial charge on any atom is 0.228 e. The van der Waals surface area contributed by atoms with Crippen LogP contribution in [-0.4, -0.2) is 23.0 Å². The van der Waals surface area contributed by atoms with Crippen molar-refractivity contribution in [1.82, 2.24) is 5.32 Å². The van der Waals surface area contributed by atoms with Crippen molar-refractivity contribution in [3.05, 3.63) is 24.3 Å². The van der Waals surface area contributed by atoms with E-state index >= 15 is 0 Å². The molecule has 0 spiro atoms. The molecule has 0 aromatic heterocycles. The fourth-order valence-corrected chi connectivity index (χ4v) is 3.56. The van der Waals surface area contributed by atoms with Crippen molar-refractivity contribution in [2.45, 2.75) is 93.9 Å². The predicted octanol–water partition coefficient (Wildman–Crippen LogP) is 7.62.